The lowest BCUT2D eigenvalue weighted by molar-refractivity contribution is -0.151. The van der Waals surface area contributed by atoms with E-state index in [2.05, 4.69) is 25.8 Å². The summed E-state index contributed by atoms with van der Waals surface area (Å²) in [6, 6.07) is 3.92. The van der Waals surface area contributed by atoms with Gasteiger partial charge in [0.2, 0.25) is 0 Å². The van der Waals surface area contributed by atoms with Crippen LogP contribution < -0.4 is 0 Å². The first-order valence-corrected chi connectivity index (χ1v) is 14.1. The van der Waals surface area contributed by atoms with Gasteiger partial charge in [0.05, 0.1) is 11.7 Å². The summed E-state index contributed by atoms with van der Waals surface area (Å²) in [6.45, 7) is 7.42. The quantitative estimate of drug-likeness (QED) is 0.483. The van der Waals surface area contributed by atoms with Gasteiger partial charge in [-0.25, -0.2) is 0 Å². The Morgan fingerprint density at radius 2 is 1.85 bits per heavy atom. The van der Waals surface area contributed by atoms with Crippen molar-refractivity contribution in [2.24, 2.45) is 40.4 Å². The van der Waals surface area contributed by atoms with Gasteiger partial charge < -0.3 is 10.2 Å². The molecule has 4 aliphatic carbocycles. The van der Waals surface area contributed by atoms with Gasteiger partial charge in [0.15, 0.2) is 0 Å². The topological polar surface area (TPSA) is 53.4 Å². The Morgan fingerprint density at radius 3 is 2.61 bits per heavy atom. The summed E-state index contributed by atoms with van der Waals surface area (Å²) < 4.78 is 0. The first-order valence-electron chi connectivity index (χ1n) is 14.1. The second-order valence-electron chi connectivity index (χ2n) is 13.0. The van der Waals surface area contributed by atoms with Crippen LogP contribution in [-0.4, -0.2) is 20.8 Å². The molecule has 33 heavy (non-hydrogen) atoms. The number of rotatable bonds is 6. The molecule has 1 aromatic rings. The Bertz CT molecular complexity index is 813. The molecule has 0 amide bonds. The molecule has 4 aliphatic rings. The predicted molar refractivity (Wildman–Crippen MR) is 134 cm³/mol. The Morgan fingerprint density at radius 1 is 1.03 bits per heavy atom. The molecule has 5 rings (SSSR count). The second kappa shape index (κ2) is 8.94. The van der Waals surface area contributed by atoms with Gasteiger partial charge in [-0.1, -0.05) is 33.3 Å². The minimum Gasteiger partial charge on any atom is -0.390 e. The molecule has 4 fully saturated rings. The number of pyridine rings is 1. The summed E-state index contributed by atoms with van der Waals surface area (Å²) in [6.07, 6.45) is 19.0. The number of fused-ring (bicyclic) bond motifs is 5. The zero-order valence-electron chi connectivity index (χ0n) is 21.3. The number of hydrogen-bond acceptors (Lipinski definition) is 3. The molecule has 0 saturated heterocycles. The third kappa shape index (κ3) is 4.10. The predicted octanol–water partition coefficient (Wildman–Crippen LogP) is 7.09. The van der Waals surface area contributed by atoms with Crippen molar-refractivity contribution in [2.75, 3.05) is 0 Å². The van der Waals surface area contributed by atoms with E-state index in [1.807, 2.05) is 18.3 Å². The van der Waals surface area contributed by atoms with Crippen LogP contribution in [0.2, 0.25) is 0 Å². The third-order valence-electron chi connectivity index (χ3n) is 11.8. The maximum Gasteiger partial charge on any atom is 0.0804 e. The van der Waals surface area contributed by atoms with Crippen LogP contribution in [0.4, 0.5) is 0 Å². The lowest BCUT2D eigenvalue weighted by Gasteiger charge is -2.62. The first kappa shape index (κ1) is 23.8. The van der Waals surface area contributed by atoms with Crippen LogP contribution in [0.5, 0.6) is 0 Å². The molecule has 3 nitrogen and oxygen atoms in total. The molecule has 8 unspecified atom stereocenters. The van der Waals surface area contributed by atoms with E-state index >= 15 is 0 Å². The number of aliphatic hydroxyl groups excluding tert-OH is 1. The Kier molecular flexibility index (Phi) is 6.44. The molecule has 0 spiro atoms. The van der Waals surface area contributed by atoms with Crippen LogP contribution in [0.3, 0.4) is 0 Å². The van der Waals surface area contributed by atoms with E-state index in [4.69, 9.17) is 0 Å². The highest BCUT2D eigenvalue weighted by Crippen LogP contribution is 2.68. The molecular formula is C30H47NO2. The molecule has 3 heteroatoms. The monoisotopic (exact) mass is 453 g/mol. The maximum atomic E-state index is 11.0. The number of nitrogens with zero attached hydrogens (tertiary/aromatic N) is 1. The highest BCUT2D eigenvalue weighted by atomic mass is 16.3. The Balaban J connectivity index is 1.22. The Hall–Kier alpha value is -0.930. The average molecular weight is 454 g/mol. The molecule has 184 valence electrons. The first-order chi connectivity index (χ1) is 15.8. The number of hydrogen-bond donors (Lipinski definition) is 2. The van der Waals surface area contributed by atoms with E-state index in [1.165, 1.54) is 51.4 Å². The lowest BCUT2D eigenvalue weighted by Crippen LogP contribution is -2.55. The minimum atomic E-state index is -0.390. The summed E-state index contributed by atoms with van der Waals surface area (Å²) in [5.41, 5.74) is 1.53. The van der Waals surface area contributed by atoms with Crippen molar-refractivity contribution in [3.8, 4) is 0 Å². The normalized spacial score (nSPS) is 45.7. The molecular weight excluding hydrogens is 406 g/mol. The highest BCUT2D eigenvalue weighted by Gasteiger charge is 2.60. The van der Waals surface area contributed by atoms with Crippen LogP contribution in [0.25, 0.3) is 0 Å². The summed E-state index contributed by atoms with van der Waals surface area (Å²) >= 11 is 0. The standard InChI is InChI=1S/C30H47NO2/c1-4-30(33)17-16-29(3)23(19-30)10-12-24-25-13-11-22(28(25,2)15-14-26(24)29)8-5-9-27(32)21-7-6-18-31-20-21/h6-7,18,20,22-27,32-33H,4-5,8-17,19H2,1-3H3/t22?,23?,24?,25?,26?,27?,28?,29?,30-/m0/s1. The summed E-state index contributed by atoms with van der Waals surface area (Å²) in [7, 11) is 0. The van der Waals surface area contributed by atoms with E-state index in [-0.39, 0.29) is 11.7 Å². The molecule has 0 bridgehead atoms. The lowest BCUT2D eigenvalue weighted by atomic mass is 9.43. The molecule has 0 aromatic carbocycles. The van der Waals surface area contributed by atoms with Gasteiger partial charge in [-0.05, 0) is 129 Å². The second-order valence-corrected chi connectivity index (χ2v) is 13.0. The van der Waals surface area contributed by atoms with Crippen LogP contribution in [0.1, 0.15) is 116 Å². The van der Waals surface area contributed by atoms with E-state index < -0.39 is 0 Å². The van der Waals surface area contributed by atoms with Gasteiger partial charge in [-0.2, -0.15) is 0 Å². The molecule has 1 aromatic heterocycles. The maximum absolute atomic E-state index is 11.0. The molecule has 9 atom stereocenters. The zero-order chi connectivity index (χ0) is 23.3. The van der Waals surface area contributed by atoms with Crippen LogP contribution in [0.15, 0.2) is 24.5 Å². The summed E-state index contributed by atoms with van der Waals surface area (Å²) in [5.74, 6) is 4.24. The van der Waals surface area contributed by atoms with Crippen molar-refractivity contribution < 1.29 is 10.2 Å². The third-order valence-corrected chi connectivity index (χ3v) is 11.8. The molecule has 0 radical (unpaired) electrons. The fraction of sp³-hybridized carbons (Fsp3) is 0.833. The molecule has 0 aliphatic heterocycles. The van der Waals surface area contributed by atoms with Gasteiger partial charge >= 0.3 is 0 Å². The molecule has 2 N–H and O–H groups in total. The zero-order valence-corrected chi connectivity index (χ0v) is 21.3. The van der Waals surface area contributed by atoms with E-state index in [0.29, 0.717) is 10.8 Å². The van der Waals surface area contributed by atoms with Gasteiger partial charge in [0, 0.05) is 12.4 Å². The van der Waals surface area contributed by atoms with Crippen molar-refractivity contribution in [1.29, 1.82) is 0 Å². The van der Waals surface area contributed by atoms with Gasteiger partial charge in [0.25, 0.3) is 0 Å². The summed E-state index contributed by atoms with van der Waals surface area (Å²) in [4.78, 5) is 4.17. The highest BCUT2D eigenvalue weighted by molar-refractivity contribution is 5.12. The number of aromatic nitrogens is 1. The van der Waals surface area contributed by atoms with Crippen LogP contribution in [0, 0.1) is 40.4 Å². The van der Waals surface area contributed by atoms with Gasteiger partial charge in [0.1, 0.15) is 0 Å². The van der Waals surface area contributed by atoms with Crippen molar-refractivity contribution >= 4 is 0 Å². The van der Waals surface area contributed by atoms with E-state index in [1.54, 1.807) is 6.20 Å². The largest absolute Gasteiger partial charge is 0.390 e. The summed E-state index contributed by atoms with van der Waals surface area (Å²) in [5, 5.41) is 21.6. The fourth-order valence-electron chi connectivity index (χ4n) is 9.52. The van der Waals surface area contributed by atoms with Gasteiger partial charge in [-0.15, -0.1) is 0 Å². The van der Waals surface area contributed by atoms with Crippen molar-refractivity contribution in [1.82, 2.24) is 4.98 Å². The Labute approximate surface area is 201 Å². The SMILES string of the molecule is CC[C@]1(O)CCC2(C)C(CCC3C4CCC(CCCC(O)c5cccnc5)C4(C)CCC32)C1. The van der Waals surface area contributed by atoms with E-state index in [0.717, 1.165) is 67.3 Å². The van der Waals surface area contributed by atoms with Crippen molar-refractivity contribution in [3.05, 3.63) is 30.1 Å². The molecule has 1 heterocycles. The fourth-order valence-corrected chi connectivity index (χ4v) is 9.52. The smallest absolute Gasteiger partial charge is 0.0804 e. The van der Waals surface area contributed by atoms with Crippen molar-refractivity contribution in [3.63, 3.8) is 0 Å². The van der Waals surface area contributed by atoms with E-state index in [9.17, 15) is 10.2 Å². The van der Waals surface area contributed by atoms with Crippen LogP contribution >= 0.6 is 0 Å². The number of aliphatic hydroxyl groups is 2. The molecule has 4 saturated carbocycles. The van der Waals surface area contributed by atoms with Crippen molar-refractivity contribution in [2.45, 2.75) is 116 Å². The van der Waals surface area contributed by atoms with Gasteiger partial charge in [-0.3, -0.25) is 4.98 Å². The average Bonchev–Trinajstić information content (AvgIpc) is 3.16. The minimum absolute atomic E-state index is 0.372. The van der Waals surface area contributed by atoms with Crippen LogP contribution in [-0.2, 0) is 0 Å².